The number of halogens is 1. The molecule has 0 aliphatic carbocycles. The summed E-state index contributed by atoms with van der Waals surface area (Å²) in [5.74, 6) is 1.24. The topological polar surface area (TPSA) is 26.3 Å². The molecule has 0 heterocycles. The second-order valence-corrected chi connectivity index (χ2v) is 3.61. The van der Waals surface area contributed by atoms with Crippen LogP contribution in [0.25, 0.3) is 6.08 Å². The summed E-state index contributed by atoms with van der Waals surface area (Å²) in [6.07, 6.45) is 5.57. The molecule has 2 nitrogen and oxygen atoms in total. The summed E-state index contributed by atoms with van der Waals surface area (Å²) >= 11 is 5.57. The first kappa shape index (κ1) is 12.8. The Balaban J connectivity index is 2.86. The zero-order chi connectivity index (χ0) is 11.8. The number of allylic oxidation sites excluding steroid dienone is 1. The molecule has 0 atom stereocenters. The van der Waals surface area contributed by atoms with Crippen LogP contribution in [0.5, 0.6) is 5.75 Å². The van der Waals surface area contributed by atoms with Crippen molar-refractivity contribution in [3.05, 3.63) is 35.4 Å². The van der Waals surface area contributed by atoms with Crippen molar-refractivity contribution in [1.29, 1.82) is 0 Å². The van der Waals surface area contributed by atoms with Gasteiger partial charge in [-0.2, -0.15) is 0 Å². The van der Waals surface area contributed by atoms with E-state index in [1.807, 2.05) is 37.3 Å². The van der Waals surface area contributed by atoms with Crippen molar-refractivity contribution in [2.45, 2.75) is 13.3 Å². The third kappa shape index (κ3) is 3.70. The van der Waals surface area contributed by atoms with E-state index in [0.29, 0.717) is 23.8 Å². The van der Waals surface area contributed by atoms with Gasteiger partial charge in [0.2, 0.25) is 0 Å². The number of ether oxygens (including phenoxy) is 1. The number of benzene rings is 1. The zero-order valence-electron chi connectivity index (χ0n) is 9.28. The minimum absolute atomic E-state index is 0.558. The van der Waals surface area contributed by atoms with Crippen molar-refractivity contribution in [2.24, 2.45) is 0 Å². The molecule has 0 N–H and O–H groups in total. The Morgan fingerprint density at radius 3 is 2.88 bits per heavy atom. The van der Waals surface area contributed by atoms with Gasteiger partial charge < -0.3 is 4.74 Å². The molecular formula is C13H15ClO2. The first-order valence-electron chi connectivity index (χ1n) is 5.26. The van der Waals surface area contributed by atoms with Crippen LogP contribution in [-0.2, 0) is 0 Å². The number of rotatable bonds is 6. The Morgan fingerprint density at radius 1 is 1.44 bits per heavy atom. The van der Waals surface area contributed by atoms with Gasteiger partial charge in [0.15, 0.2) is 6.29 Å². The summed E-state index contributed by atoms with van der Waals surface area (Å²) in [4.78, 5) is 10.9. The summed E-state index contributed by atoms with van der Waals surface area (Å²) in [7, 11) is 0. The lowest BCUT2D eigenvalue weighted by atomic mass is 10.1. The van der Waals surface area contributed by atoms with Gasteiger partial charge in [-0.3, -0.25) is 4.79 Å². The summed E-state index contributed by atoms with van der Waals surface area (Å²) in [5.41, 5.74) is 1.56. The molecule has 0 bridgehead atoms. The molecule has 0 fully saturated rings. The number of aldehydes is 1. The first-order chi connectivity index (χ1) is 7.81. The zero-order valence-corrected chi connectivity index (χ0v) is 10.0. The lowest BCUT2D eigenvalue weighted by molar-refractivity contribution is 0.112. The normalized spacial score (nSPS) is 10.6. The van der Waals surface area contributed by atoms with Crippen LogP contribution in [0.4, 0.5) is 0 Å². The lowest BCUT2D eigenvalue weighted by Crippen LogP contribution is -1.96. The number of carbonyl (C=O) groups excluding carboxylic acids is 1. The van der Waals surface area contributed by atoms with Crippen molar-refractivity contribution in [1.82, 2.24) is 0 Å². The van der Waals surface area contributed by atoms with E-state index in [1.54, 1.807) is 0 Å². The molecule has 0 unspecified atom stereocenters. The highest BCUT2D eigenvalue weighted by Gasteiger charge is 2.02. The van der Waals surface area contributed by atoms with Crippen molar-refractivity contribution < 1.29 is 9.53 Å². The SMILES string of the molecule is CCOc1ccc(C=CCCCl)cc1C=O. The van der Waals surface area contributed by atoms with Crippen molar-refractivity contribution >= 4 is 24.0 Å². The maximum absolute atomic E-state index is 10.9. The summed E-state index contributed by atoms with van der Waals surface area (Å²) in [6.45, 7) is 2.45. The van der Waals surface area contributed by atoms with Crippen LogP contribution < -0.4 is 4.74 Å². The van der Waals surface area contributed by atoms with Gasteiger partial charge in [0.25, 0.3) is 0 Å². The monoisotopic (exact) mass is 238 g/mol. The molecule has 0 spiro atoms. The van der Waals surface area contributed by atoms with Crippen molar-refractivity contribution in [3.63, 3.8) is 0 Å². The molecule has 3 heteroatoms. The Morgan fingerprint density at radius 2 is 2.25 bits per heavy atom. The van der Waals surface area contributed by atoms with Gasteiger partial charge >= 0.3 is 0 Å². The number of hydrogen-bond acceptors (Lipinski definition) is 2. The summed E-state index contributed by atoms with van der Waals surface area (Å²) < 4.78 is 5.33. The molecule has 1 aromatic rings. The van der Waals surface area contributed by atoms with E-state index in [-0.39, 0.29) is 0 Å². The number of alkyl halides is 1. The summed E-state index contributed by atoms with van der Waals surface area (Å²) in [5, 5.41) is 0. The van der Waals surface area contributed by atoms with Crippen LogP contribution in [-0.4, -0.2) is 18.8 Å². The van der Waals surface area contributed by atoms with Crippen LogP contribution in [0.1, 0.15) is 29.3 Å². The van der Waals surface area contributed by atoms with Gasteiger partial charge in [0.05, 0.1) is 12.2 Å². The molecule has 16 heavy (non-hydrogen) atoms. The number of hydrogen-bond donors (Lipinski definition) is 0. The quantitative estimate of drug-likeness (QED) is 0.560. The van der Waals surface area contributed by atoms with Crippen LogP contribution in [0.2, 0.25) is 0 Å². The molecule has 0 saturated heterocycles. The molecule has 86 valence electrons. The predicted octanol–water partition coefficient (Wildman–Crippen LogP) is 3.54. The highest BCUT2D eigenvalue weighted by Crippen LogP contribution is 2.19. The van der Waals surface area contributed by atoms with Gasteiger partial charge in [0.1, 0.15) is 5.75 Å². The van der Waals surface area contributed by atoms with Gasteiger partial charge in [-0.05, 0) is 31.0 Å². The van der Waals surface area contributed by atoms with Gasteiger partial charge in [-0.15, -0.1) is 11.6 Å². The second-order valence-electron chi connectivity index (χ2n) is 3.23. The molecule has 0 saturated carbocycles. The average molecular weight is 239 g/mol. The van der Waals surface area contributed by atoms with Gasteiger partial charge in [-0.25, -0.2) is 0 Å². The Hall–Kier alpha value is -1.28. The molecule has 0 aliphatic rings. The van der Waals surface area contributed by atoms with Crippen molar-refractivity contribution in [2.75, 3.05) is 12.5 Å². The second kappa shape index (κ2) is 7.07. The van der Waals surface area contributed by atoms with E-state index >= 15 is 0 Å². The average Bonchev–Trinajstić information content (AvgIpc) is 2.31. The smallest absolute Gasteiger partial charge is 0.153 e. The minimum atomic E-state index is 0.558. The molecule has 0 aromatic heterocycles. The minimum Gasteiger partial charge on any atom is -0.493 e. The highest BCUT2D eigenvalue weighted by atomic mass is 35.5. The van der Waals surface area contributed by atoms with E-state index in [1.165, 1.54) is 0 Å². The molecule has 0 radical (unpaired) electrons. The Kier molecular flexibility index (Phi) is 5.65. The maximum Gasteiger partial charge on any atom is 0.153 e. The van der Waals surface area contributed by atoms with E-state index in [0.717, 1.165) is 18.3 Å². The van der Waals surface area contributed by atoms with Crippen LogP contribution in [0.3, 0.4) is 0 Å². The van der Waals surface area contributed by atoms with Crippen LogP contribution in [0, 0.1) is 0 Å². The molecule has 0 amide bonds. The van der Waals surface area contributed by atoms with E-state index < -0.39 is 0 Å². The molecular weight excluding hydrogens is 224 g/mol. The fraction of sp³-hybridized carbons (Fsp3) is 0.308. The van der Waals surface area contributed by atoms with Gasteiger partial charge in [0, 0.05) is 5.88 Å². The first-order valence-corrected chi connectivity index (χ1v) is 5.79. The molecule has 1 rings (SSSR count). The van der Waals surface area contributed by atoms with E-state index in [4.69, 9.17) is 16.3 Å². The van der Waals surface area contributed by atoms with Crippen molar-refractivity contribution in [3.8, 4) is 5.75 Å². The van der Waals surface area contributed by atoms with Crippen LogP contribution in [0.15, 0.2) is 24.3 Å². The fourth-order valence-corrected chi connectivity index (χ4v) is 1.46. The summed E-state index contributed by atoms with van der Waals surface area (Å²) in [6, 6.07) is 5.54. The third-order valence-corrected chi connectivity index (χ3v) is 2.26. The molecule has 1 aromatic carbocycles. The molecule has 0 aliphatic heterocycles. The Bertz CT molecular complexity index is 372. The number of carbonyl (C=O) groups is 1. The lowest BCUT2D eigenvalue weighted by Gasteiger charge is -2.06. The third-order valence-electron chi connectivity index (χ3n) is 2.05. The Labute approximate surface area is 101 Å². The van der Waals surface area contributed by atoms with Crippen LogP contribution >= 0.6 is 11.6 Å². The van der Waals surface area contributed by atoms with E-state index in [2.05, 4.69) is 0 Å². The predicted molar refractivity (Wildman–Crippen MR) is 67.4 cm³/mol. The maximum atomic E-state index is 10.9. The van der Waals surface area contributed by atoms with E-state index in [9.17, 15) is 4.79 Å². The largest absolute Gasteiger partial charge is 0.493 e. The highest BCUT2D eigenvalue weighted by molar-refractivity contribution is 6.17. The standard InChI is InChI=1S/C13H15ClO2/c1-2-16-13-7-6-11(5-3-4-8-14)9-12(13)10-15/h3,5-7,9-10H,2,4,8H2,1H3. The fourth-order valence-electron chi connectivity index (χ4n) is 1.33. The van der Waals surface area contributed by atoms with Gasteiger partial charge in [-0.1, -0.05) is 18.2 Å².